The van der Waals surface area contributed by atoms with Crippen LogP contribution in [-0.4, -0.2) is 75.4 Å². The molecule has 0 aromatic carbocycles. The SMILES string of the molecule is COCCn1cc(-c2cnc(-c3c(N)c4ncc(C(=O)NCCN5CC(C)(C)C5)cc4[nH]c3=O)s2)cn1. The fourth-order valence-electron chi connectivity index (χ4n) is 4.61. The lowest BCUT2D eigenvalue weighted by Gasteiger charge is -2.45. The normalized spacial score (nSPS) is 15.1. The van der Waals surface area contributed by atoms with Crippen LogP contribution < -0.4 is 16.6 Å². The number of fused-ring (bicyclic) bond motifs is 1. The molecule has 4 aromatic rings. The standard InChI is InChI=1S/C25H30N8O3S/c1-25(2)13-32(14-25)5-4-27-22(34)15-8-17-21(28-9-15)20(26)19(23(35)31-17)24-29-11-18(37-24)16-10-30-33(12-16)6-7-36-3/h8-12H,4-7,13-14H2,1-3H3,(H,27,34)(H3,26,31,35). The number of methoxy groups -OCH3 is 1. The first-order chi connectivity index (χ1) is 17.7. The lowest BCUT2D eigenvalue weighted by Crippen LogP contribution is -2.54. The Morgan fingerprint density at radius 1 is 1.24 bits per heavy atom. The Bertz CT molecular complexity index is 1500. The van der Waals surface area contributed by atoms with E-state index >= 15 is 0 Å². The molecular formula is C25H30N8O3S. The molecule has 1 amide bonds. The second-order valence-electron chi connectivity index (χ2n) is 10.0. The van der Waals surface area contributed by atoms with Gasteiger partial charge in [0, 0.05) is 57.4 Å². The number of rotatable bonds is 9. The van der Waals surface area contributed by atoms with Gasteiger partial charge in [-0.15, -0.1) is 11.3 Å². The van der Waals surface area contributed by atoms with Gasteiger partial charge in [0.2, 0.25) is 0 Å². The zero-order valence-electron chi connectivity index (χ0n) is 21.1. The van der Waals surface area contributed by atoms with E-state index in [0.29, 0.717) is 46.7 Å². The van der Waals surface area contributed by atoms with Crippen LogP contribution in [-0.2, 0) is 11.3 Å². The number of carbonyl (C=O) groups is 1. The number of pyridine rings is 2. The smallest absolute Gasteiger partial charge is 0.260 e. The van der Waals surface area contributed by atoms with Crippen molar-refractivity contribution in [2.24, 2.45) is 5.41 Å². The van der Waals surface area contributed by atoms with Gasteiger partial charge >= 0.3 is 0 Å². The number of anilines is 1. The van der Waals surface area contributed by atoms with Crippen LogP contribution >= 0.6 is 11.3 Å². The van der Waals surface area contributed by atoms with Gasteiger partial charge in [-0.1, -0.05) is 13.8 Å². The first-order valence-corrected chi connectivity index (χ1v) is 12.9. The van der Waals surface area contributed by atoms with Crippen LogP contribution in [0.1, 0.15) is 24.2 Å². The van der Waals surface area contributed by atoms with Crippen LogP contribution in [0.15, 0.2) is 35.6 Å². The Balaban J connectivity index is 1.32. The maximum Gasteiger partial charge on any atom is 0.260 e. The molecule has 1 aliphatic heterocycles. The van der Waals surface area contributed by atoms with Gasteiger partial charge in [-0.2, -0.15) is 5.10 Å². The molecule has 0 unspecified atom stereocenters. The summed E-state index contributed by atoms with van der Waals surface area (Å²) in [4.78, 5) is 40.5. The van der Waals surface area contributed by atoms with Crippen LogP contribution in [0.2, 0.25) is 0 Å². The molecule has 37 heavy (non-hydrogen) atoms. The van der Waals surface area contributed by atoms with Gasteiger partial charge in [-0.3, -0.25) is 19.3 Å². The Kier molecular flexibility index (Phi) is 6.80. The van der Waals surface area contributed by atoms with E-state index in [1.54, 1.807) is 30.3 Å². The number of nitrogens with two attached hydrogens (primary N) is 1. The van der Waals surface area contributed by atoms with Crippen LogP contribution in [0.3, 0.4) is 0 Å². The number of aromatic nitrogens is 5. The molecule has 1 saturated heterocycles. The molecule has 0 bridgehead atoms. The molecule has 12 heteroatoms. The monoisotopic (exact) mass is 522 g/mol. The van der Waals surface area contributed by atoms with Gasteiger partial charge in [-0.05, 0) is 11.5 Å². The molecule has 0 atom stereocenters. The van der Waals surface area contributed by atoms with Crippen molar-refractivity contribution in [1.29, 1.82) is 0 Å². The summed E-state index contributed by atoms with van der Waals surface area (Å²) < 4.78 is 6.88. The van der Waals surface area contributed by atoms with E-state index in [9.17, 15) is 9.59 Å². The highest BCUT2D eigenvalue weighted by molar-refractivity contribution is 7.18. The molecule has 0 saturated carbocycles. The number of hydrogen-bond donors (Lipinski definition) is 3. The van der Waals surface area contributed by atoms with E-state index in [-0.39, 0.29) is 22.7 Å². The fourth-order valence-corrected chi connectivity index (χ4v) is 5.56. The molecule has 0 radical (unpaired) electrons. The summed E-state index contributed by atoms with van der Waals surface area (Å²) in [6.07, 6.45) is 6.83. The number of likely N-dealkylation sites (tertiary alicyclic amines) is 1. The van der Waals surface area contributed by atoms with Gasteiger partial charge in [-0.25, -0.2) is 4.98 Å². The molecule has 11 nitrogen and oxygen atoms in total. The van der Waals surface area contributed by atoms with Crippen molar-refractivity contribution >= 4 is 34.0 Å². The minimum absolute atomic E-state index is 0.225. The van der Waals surface area contributed by atoms with Crippen LogP contribution in [0.5, 0.6) is 0 Å². The first-order valence-electron chi connectivity index (χ1n) is 12.0. The summed E-state index contributed by atoms with van der Waals surface area (Å²) in [5.74, 6) is -0.242. The average Bonchev–Trinajstić information content (AvgIpc) is 3.51. The number of aromatic amines is 1. The number of H-pyrrole nitrogens is 1. The predicted octanol–water partition coefficient (Wildman–Crippen LogP) is 2.21. The third-order valence-corrected chi connectivity index (χ3v) is 7.39. The van der Waals surface area contributed by atoms with E-state index in [0.717, 1.165) is 30.1 Å². The van der Waals surface area contributed by atoms with Crippen molar-refractivity contribution in [3.8, 4) is 21.0 Å². The minimum atomic E-state index is -0.388. The Morgan fingerprint density at radius 2 is 2.05 bits per heavy atom. The molecule has 0 aliphatic carbocycles. The fraction of sp³-hybridized carbons (Fsp3) is 0.400. The molecule has 4 aromatic heterocycles. The Labute approximate surface area is 217 Å². The zero-order valence-corrected chi connectivity index (χ0v) is 21.9. The molecule has 4 N–H and O–H groups in total. The third-order valence-electron chi connectivity index (χ3n) is 6.33. The predicted molar refractivity (Wildman–Crippen MR) is 144 cm³/mol. The summed E-state index contributed by atoms with van der Waals surface area (Å²) in [6.45, 7) is 9.06. The van der Waals surface area contributed by atoms with Gasteiger partial charge in [0.25, 0.3) is 11.5 Å². The second-order valence-corrected chi connectivity index (χ2v) is 11.0. The van der Waals surface area contributed by atoms with Crippen molar-refractivity contribution in [1.82, 2.24) is 34.9 Å². The number of carbonyl (C=O) groups excluding carboxylic acids is 1. The molecule has 5 rings (SSSR count). The number of ether oxygens (including phenoxy) is 1. The molecular weight excluding hydrogens is 492 g/mol. The van der Waals surface area contributed by atoms with Crippen LogP contribution in [0.25, 0.3) is 32.0 Å². The molecule has 0 spiro atoms. The highest BCUT2D eigenvalue weighted by atomic mass is 32.1. The number of thiazole rings is 1. The Hall–Kier alpha value is -3.61. The maximum atomic E-state index is 13.0. The number of nitrogens with zero attached hydrogens (tertiary/aromatic N) is 5. The number of nitrogens with one attached hydrogen (secondary N) is 2. The van der Waals surface area contributed by atoms with E-state index in [2.05, 4.69) is 44.1 Å². The lowest BCUT2D eigenvalue weighted by molar-refractivity contribution is 0.0323. The quantitative estimate of drug-likeness (QED) is 0.304. The molecule has 5 heterocycles. The van der Waals surface area contributed by atoms with Crippen molar-refractivity contribution in [3.05, 3.63) is 46.8 Å². The maximum absolute atomic E-state index is 13.0. The summed E-state index contributed by atoms with van der Waals surface area (Å²) in [6, 6.07) is 1.60. The highest BCUT2D eigenvalue weighted by Gasteiger charge is 2.33. The van der Waals surface area contributed by atoms with Crippen LogP contribution in [0.4, 0.5) is 5.69 Å². The summed E-state index contributed by atoms with van der Waals surface area (Å²) in [7, 11) is 1.64. The van der Waals surface area contributed by atoms with Crippen molar-refractivity contribution in [2.45, 2.75) is 20.4 Å². The summed E-state index contributed by atoms with van der Waals surface area (Å²) in [5.41, 5.74) is 8.91. The van der Waals surface area contributed by atoms with Gasteiger partial charge in [0.05, 0.1) is 41.0 Å². The van der Waals surface area contributed by atoms with Crippen molar-refractivity contribution < 1.29 is 9.53 Å². The minimum Gasteiger partial charge on any atom is -0.396 e. The molecule has 1 fully saturated rings. The second kappa shape index (κ2) is 10.0. The summed E-state index contributed by atoms with van der Waals surface area (Å²) in [5, 5.41) is 7.73. The zero-order chi connectivity index (χ0) is 26.2. The third kappa shape index (κ3) is 5.26. The summed E-state index contributed by atoms with van der Waals surface area (Å²) >= 11 is 1.35. The number of nitrogen functional groups attached to an aromatic ring is 1. The van der Waals surface area contributed by atoms with Gasteiger partial charge in [0.15, 0.2) is 0 Å². The topological polar surface area (TPSA) is 144 Å². The van der Waals surface area contributed by atoms with E-state index in [1.165, 1.54) is 17.5 Å². The molecule has 194 valence electrons. The van der Waals surface area contributed by atoms with Gasteiger partial charge < -0.3 is 25.7 Å². The van der Waals surface area contributed by atoms with Gasteiger partial charge in [0.1, 0.15) is 16.1 Å². The molecule has 1 aliphatic rings. The van der Waals surface area contributed by atoms with E-state index < -0.39 is 0 Å². The largest absolute Gasteiger partial charge is 0.396 e. The van der Waals surface area contributed by atoms with Crippen LogP contribution in [0, 0.1) is 5.41 Å². The van der Waals surface area contributed by atoms with Crippen molar-refractivity contribution in [3.63, 3.8) is 0 Å². The highest BCUT2D eigenvalue weighted by Crippen LogP contribution is 2.34. The van der Waals surface area contributed by atoms with E-state index in [4.69, 9.17) is 10.5 Å². The number of amides is 1. The Morgan fingerprint density at radius 3 is 2.81 bits per heavy atom. The number of hydrogen-bond acceptors (Lipinski definition) is 9. The average molecular weight is 523 g/mol. The lowest BCUT2D eigenvalue weighted by atomic mass is 9.84. The van der Waals surface area contributed by atoms with E-state index in [1.807, 2.05) is 6.20 Å². The first kappa shape index (κ1) is 25.1. The van der Waals surface area contributed by atoms with Crippen molar-refractivity contribution in [2.75, 3.05) is 45.6 Å².